The van der Waals surface area contributed by atoms with Crippen molar-refractivity contribution >= 4 is 44.8 Å². The van der Waals surface area contributed by atoms with Crippen molar-refractivity contribution in [3.05, 3.63) is 80.8 Å². The van der Waals surface area contributed by atoms with Gasteiger partial charge in [0.2, 0.25) is 0 Å². The molecular weight excluding hydrogens is 427 g/mol. The van der Waals surface area contributed by atoms with Gasteiger partial charge in [-0.15, -0.1) is 0 Å². The lowest BCUT2D eigenvalue weighted by molar-refractivity contribution is 0.130. The summed E-state index contributed by atoms with van der Waals surface area (Å²) in [4.78, 5) is 9.47. The number of oxime groups is 1. The van der Waals surface area contributed by atoms with Crippen LogP contribution in [0.25, 0.3) is 0 Å². The van der Waals surface area contributed by atoms with Crippen LogP contribution in [0.1, 0.15) is 11.1 Å². The molecule has 2 aromatic carbocycles. The molecule has 0 fully saturated rings. The molecule has 3 aromatic rings. The molecular formula is C17H13BrCl2N4O. The van der Waals surface area contributed by atoms with Gasteiger partial charge in [-0.2, -0.15) is 5.10 Å². The van der Waals surface area contributed by atoms with E-state index in [2.05, 4.69) is 31.2 Å². The van der Waals surface area contributed by atoms with Gasteiger partial charge < -0.3 is 4.84 Å². The van der Waals surface area contributed by atoms with Crippen LogP contribution in [0.2, 0.25) is 10.0 Å². The maximum absolute atomic E-state index is 6.15. The summed E-state index contributed by atoms with van der Waals surface area (Å²) in [5, 5.41) is 9.52. The summed E-state index contributed by atoms with van der Waals surface area (Å²) >= 11 is 15.5. The zero-order valence-electron chi connectivity index (χ0n) is 12.9. The fourth-order valence-electron chi connectivity index (χ4n) is 2.10. The van der Waals surface area contributed by atoms with Gasteiger partial charge >= 0.3 is 0 Å². The van der Waals surface area contributed by atoms with Crippen LogP contribution in [-0.2, 0) is 18.0 Å². The number of benzene rings is 2. The predicted molar refractivity (Wildman–Crippen MR) is 102 cm³/mol. The highest BCUT2D eigenvalue weighted by atomic mass is 79.9. The summed E-state index contributed by atoms with van der Waals surface area (Å²) in [7, 11) is 0. The molecule has 0 spiro atoms. The molecule has 0 aliphatic rings. The molecule has 5 nitrogen and oxygen atoms in total. The molecule has 0 aliphatic carbocycles. The molecule has 0 unspecified atom stereocenters. The van der Waals surface area contributed by atoms with Crippen LogP contribution in [0.15, 0.2) is 64.7 Å². The molecule has 0 amide bonds. The molecule has 0 radical (unpaired) electrons. The molecule has 3 rings (SSSR count). The van der Waals surface area contributed by atoms with Crippen LogP contribution in [0.3, 0.4) is 0 Å². The summed E-state index contributed by atoms with van der Waals surface area (Å²) < 4.78 is 2.67. The molecule has 1 aromatic heterocycles. The Kier molecular flexibility index (Phi) is 6.07. The first-order valence-electron chi connectivity index (χ1n) is 7.33. The zero-order valence-corrected chi connectivity index (χ0v) is 16.0. The number of nitrogens with zero attached hydrogens (tertiary/aromatic N) is 4. The number of rotatable bonds is 6. The van der Waals surface area contributed by atoms with E-state index < -0.39 is 0 Å². The molecule has 8 heteroatoms. The second-order valence-corrected chi connectivity index (χ2v) is 6.91. The minimum absolute atomic E-state index is 0.243. The lowest BCUT2D eigenvalue weighted by atomic mass is 10.1. The maximum Gasteiger partial charge on any atom is 0.143 e. The van der Waals surface area contributed by atoms with Gasteiger partial charge in [-0.1, -0.05) is 62.5 Å². The third-order valence-electron chi connectivity index (χ3n) is 3.37. The molecule has 0 saturated carbocycles. The van der Waals surface area contributed by atoms with Crippen LogP contribution in [0.5, 0.6) is 0 Å². The minimum atomic E-state index is 0.243. The van der Waals surface area contributed by atoms with E-state index in [4.69, 9.17) is 28.0 Å². The van der Waals surface area contributed by atoms with Gasteiger partial charge in [0.25, 0.3) is 0 Å². The second kappa shape index (κ2) is 8.47. The molecule has 0 saturated heterocycles. The van der Waals surface area contributed by atoms with Gasteiger partial charge in [-0.05, 0) is 24.3 Å². The van der Waals surface area contributed by atoms with Crippen molar-refractivity contribution in [1.29, 1.82) is 0 Å². The Morgan fingerprint density at radius 3 is 2.64 bits per heavy atom. The Morgan fingerprint density at radius 2 is 1.96 bits per heavy atom. The number of halogens is 3. The second-order valence-electron chi connectivity index (χ2n) is 5.15. The topological polar surface area (TPSA) is 52.3 Å². The first kappa shape index (κ1) is 17.9. The number of hydrogen-bond acceptors (Lipinski definition) is 4. The first-order valence-corrected chi connectivity index (χ1v) is 8.88. The van der Waals surface area contributed by atoms with Gasteiger partial charge in [0, 0.05) is 25.6 Å². The van der Waals surface area contributed by atoms with Crippen LogP contribution in [-0.4, -0.2) is 20.5 Å². The molecule has 128 valence electrons. The van der Waals surface area contributed by atoms with Crippen molar-refractivity contribution in [2.75, 3.05) is 0 Å². The van der Waals surface area contributed by atoms with Gasteiger partial charge in [0.15, 0.2) is 0 Å². The smallest absolute Gasteiger partial charge is 0.143 e. The largest absolute Gasteiger partial charge is 0.391 e. The molecule has 0 N–H and O–H groups in total. The Bertz CT molecular complexity index is 867. The standard InChI is InChI=1S/C17H13BrCl2N4O/c18-14-4-1-12(2-5-14)17(8-24-11-21-10-22-24)23-25-9-13-3-6-15(19)7-16(13)20/h1-7,10-11H,8-9H2. The van der Waals surface area contributed by atoms with E-state index in [0.29, 0.717) is 16.6 Å². The zero-order chi connectivity index (χ0) is 17.6. The Morgan fingerprint density at radius 1 is 1.16 bits per heavy atom. The highest BCUT2D eigenvalue weighted by Gasteiger charge is 2.08. The van der Waals surface area contributed by atoms with Crippen molar-refractivity contribution < 1.29 is 4.84 Å². The Hall–Kier alpha value is -1.89. The predicted octanol–water partition coefficient (Wildman–Crippen LogP) is 4.97. The lowest BCUT2D eigenvalue weighted by Gasteiger charge is -2.08. The first-order chi connectivity index (χ1) is 12.1. The van der Waals surface area contributed by atoms with Crippen molar-refractivity contribution in [1.82, 2.24) is 14.8 Å². The third-order valence-corrected chi connectivity index (χ3v) is 4.48. The molecule has 0 atom stereocenters. The Labute approximate surface area is 163 Å². The summed E-state index contributed by atoms with van der Waals surface area (Å²) in [6.07, 6.45) is 3.11. The van der Waals surface area contributed by atoms with Gasteiger partial charge in [0.1, 0.15) is 25.0 Å². The van der Waals surface area contributed by atoms with Crippen molar-refractivity contribution in [2.45, 2.75) is 13.2 Å². The van der Waals surface area contributed by atoms with Crippen molar-refractivity contribution in [3.8, 4) is 0 Å². The van der Waals surface area contributed by atoms with E-state index in [1.807, 2.05) is 30.3 Å². The fraction of sp³-hybridized carbons (Fsp3) is 0.118. The number of aromatic nitrogens is 3. The highest BCUT2D eigenvalue weighted by molar-refractivity contribution is 9.10. The highest BCUT2D eigenvalue weighted by Crippen LogP contribution is 2.21. The van der Waals surface area contributed by atoms with Crippen molar-refractivity contribution in [2.24, 2.45) is 5.16 Å². The molecule has 0 aliphatic heterocycles. The summed E-state index contributed by atoms with van der Waals surface area (Å²) in [5.41, 5.74) is 2.47. The third kappa shape index (κ3) is 5.04. The van der Waals surface area contributed by atoms with E-state index in [1.165, 1.54) is 6.33 Å². The minimum Gasteiger partial charge on any atom is -0.391 e. The van der Waals surface area contributed by atoms with Crippen LogP contribution in [0, 0.1) is 0 Å². The van der Waals surface area contributed by atoms with Gasteiger partial charge in [0.05, 0.1) is 6.54 Å². The van der Waals surface area contributed by atoms with Crippen LogP contribution >= 0.6 is 39.1 Å². The summed E-state index contributed by atoms with van der Waals surface area (Å²) in [5.74, 6) is 0. The Balaban J connectivity index is 1.78. The average Bonchev–Trinajstić information content (AvgIpc) is 3.10. The quantitative estimate of drug-likeness (QED) is 0.402. The van der Waals surface area contributed by atoms with Gasteiger partial charge in [-0.3, -0.25) is 0 Å². The van der Waals surface area contributed by atoms with Gasteiger partial charge in [-0.25, -0.2) is 9.67 Å². The van der Waals surface area contributed by atoms with E-state index >= 15 is 0 Å². The van der Waals surface area contributed by atoms with Crippen LogP contribution < -0.4 is 0 Å². The molecule has 1 heterocycles. The van der Waals surface area contributed by atoms with Crippen molar-refractivity contribution in [3.63, 3.8) is 0 Å². The van der Waals surface area contributed by atoms with E-state index in [9.17, 15) is 0 Å². The monoisotopic (exact) mass is 438 g/mol. The van der Waals surface area contributed by atoms with E-state index in [-0.39, 0.29) is 6.61 Å². The lowest BCUT2D eigenvalue weighted by Crippen LogP contribution is -2.13. The summed E-state index contributed by atoms with van der Waals surface area (Å²) in [6.45, 7) is 0.684. The molecule has 25 heavy (non-hydrogen) atoms. The molecule has 0 bridgehead atoms. The van der Waals surface area contributed by atoms with E-state index in [0.717, 1.165) is 21.3 Å². The maximum atomic E-state index is 6.15. The average molecular weight is 440 g/mol. The van der Waals surface area contributed by atoms with Crippen LogP contribution in [0.4, 0.5) is 0 Å². The summed E-state index contributed by atoms with van der Waals surface area (Å²) in [6, 6.07) is 13.1. The number of hydrogen-bond donors (Lipinski definition) is 0. The van der Waals surface area contributed by atoms with E-state index in [1.54, 1.807) is 23.1 Å². The SMILES string of the molecule is Clc1ccc(CON=C(Cn2cncn2)c2ccc(Br)cc2)c(Cl)c1. The normalized spacial score (nSPS) is 11.6. The fourth-order valence-corrected chi connectivity index (χ4v) is 2.83.